The lowest BCUT2D eigenvalue weighted by molar-refractivity contribution is 0.522. The van der Waals surface area contributed by atoms with Crippen LogP contribution in [-0.4, -0.2) is 5.25 Å². The summed E-state index contributed by atoms with van der Waals surface area (Å²) in [6, 6.07) is 5.68. The number of hydrogen-bond donors (Lipinski definition) is 1. The van der Waals surface area contributed by atoms with Gasteiger partial charge in [-0.25, -0.2) is 0 Å². The molecule has 0 heterocycles. The molecule has 70 valence electrons. The van der Waals surface area contributed by atoms with Crippen molar-refractivity contribution in [2.24, 2.45) is 0 Å². The maximum Gasteiger partial charge on any atom is 0.0543 e. The first-order valence-corrected chi connectivity index (χ1v) is 5.73. The summed E-state index contributed by atoms with van der Waals surface area (Å²) in [6.45, 7) is 0. The second-order valence-corrected chi connectivity index (χ2v) is 5.11. The number of hydrogen-bond acceptors (Lipinski definition) is 2. The SMILES string of the molecule is Nc1ccc(Cl)c(SC2CCC2)c1. The Labute approximate surface area is 87.7 Å². The molecule has 0 bridgehead atoms. The minimum atomic E-state index is 0.763. The number of thioether (sulfide) groups is 1. The van der Waals surface area contributed by atoms with Gasteiger partial charge in [0.15, 0.2) is 0 Å². The van der Waals surface area contributed by atoms with Gasteiger partial charge in [0.2, 0.25) is 0 Å². The van der Waals surface area contributed by atoms with E-state index in [0.29, 0.717) is 0 Å². The summed E-state index contributed by atoms with van der Waals surface area (Å²) in [6.07, 6.45) is 3.99. The average Bonchev–Trinajstić information content (AvgIpc) is 2.03. The second-order valence-electron chi connectivity index (χ2n) is 3.36. The molecule has 0 unspecified atom stereocenters. The zero-order valence-corrected chi connectivity index (χ0v) is 8.87. The van der Waals surface area contributed by atoms with E-state index < -0.39 is 0 Å². The predicted octanol–water partition coefficient (Wildman–Crippen LogP) is 3.57. The summed E-state index contributed by atoms with van der Waals surface area (Å²) >= 11 is 7.90. The van der Waals surface area contributed by atoms with Crippen molar-refractivity contribution in [1.29, 1.82) is 0 Å². The fourth-order valence-corrected chi connectivity index (χ4v) is 2.84. The molecule has 0 atom stereocenters. The van der Waals surface area contributed by atoms with Gasteiger partial charge in [0.05, 0.1) is 5.02 Å². The van der Waals surface area contributed by atoms with E-state index in [0.717, 1.165) is 20.9 Å². The second kappa shape index (κ2) is 3.81. The molecule has 0 aromatic heterocycles. The van der Waals surface area contributed by atoms with Gasteiger partial charge in [-0.15, -0.1) is 11.8 Å². The topological polar surface area (TPSA) is 26.0 Å². The highest BCUT2D eigenvalue weighted by atomic mass is 35.5. The summed E-state index contributed by atoms with van der Waals surface area (Å²) < 4.78 is 0. The van der Waals surface area contributed by atoms with E-state index in [9.17, 15) is 0 Å². The van der Waals surface area contributed by atoms with Crippen molar-refractivity contribution in [2.75, 3.05) is 5.73 Å². The van der Waals surface area contributed by atoms with Crippen LogP contribution in [0.5, 0.6) is 0 Å². The van der Waals surface area contributed by atoms with E-state index in [1.165, 1.54) is 19.3 Å². The Kier molecular flexibility index (Phi) is 2.70. The Bertz CT molecular complexity index is 310. The Balaban J connectivity index is 2.13. The van der Waals surface area contributed by atoms with Crippen molar-refractivity contribution in [3.63, 3.8) is 0 Å². The quantitative estimate of drug-likeness (QED) is 0.761. The van der Waals surface area contributed by atoms with Crippen molar-refractivity contribution in [3.05, 3.63) is 23.2 Å². The van der Waals surface area contributed by atoms with E-state index in [2.05, 4.69) is 0 Å². The van der Waals surface area contributed by atoms with E-state index in [-0.39, 0.29) is 0 Å². The molecule has 13 heavy (non-hydrogen) atoms. The molecule has 0 radical (unpaired) electrons. The molecule has 1 fully saturated rings. The summed E-state index contributed by atoms with van der Waals surface area (Å²) in [7, 11) is 0. The Morgan fingerprint density at radius 3 is 2.77 bits per heavy atom. The molecule has 2 rings (SSSR count). The van der Waals surface area contributed by atoms with Gasteiger partial charge in [0.25, 0.3) is 0 Å². The normalized spacial score (nSPS) is 17.0. The lowest BCUT2D eigenvalue weighted by Crippen LogP contribution is -2.12. The fraction of sp³-hybridized carbons (Fsp3) is 0.400. The third-order valence-corrected chi connectivity index (χ3v) is 4.14. The Morgan fingerprint density at radius 2 is 2.15 bits per heavy atom. The highest BCUT2D eigenvalue weighted by molar-refractivity contribution is 8.00. The minimum Gasteiger partial charge on any atom is -0.399 e. The summed E-state index contributed by atoms with van der Waals surface area (Å²) in [5, 5.41) is 1.59. The fourth-order valence-electron chi connectivity index (χ4n) is 1.28. The zero-order valence-electron chi connectivity index (χ0n) is 7.29. The number of nitrogen functional groups attached to an aromatic ring is 1. The smallest absolute Gasteiger partial charge is 0.0543 e. The summed E-state index contributed by atoms with van der Waals surface area (Å²) in [4.78, 5) is 1.13. The average molecular weight is 214 g/mol. The molecule has 0 spiro atoms. The van der Waals surface area contributed by atoms with Crippen LogP contribution in [0.2, 0.25) is 5.02 Å². The summed E-state index contributed by atoms with van der Waals surface area (Å²) in [5.74, 6) is 0. The molecule has 0 aliphatic heterocycles. The van der Waals surface area contributed by atoms with Gasteiger partial charge in [-0.05, 0) is 31.0 Å². The van der Waals surface area contributed by atoms with E-state index in [1.807, 2.05) is 30.0 Å². The molecule has 1 aliphatic carbocycles. The maximum atomic E-state index is 6.04. The molecule has 1 aromatic rings. The van der Waals surface area contributed by atoms with Gasteiger partial charge in [0.1, 0.15) is 0 Å². The third kappa shape index (κ3) is 2.12. The molecular formula is C10H12ClNS. The highest BCUT2D eigenvalue weighted by Crippen LogP contribution is 2.39. The van der Waals surface area contributed by atoms with Crippen LogP contribution >= 0.6 is 23.4 Å². The zero-order chi connectivity index (χ0) is 9.26. The van der Waals surface area contributed by atoms with Crippen LogP contribution in [0.4, 0.5) is 5.69 Å². The predicted molar refractivity (Wildman–Crippen MR) is 59.4 cm³/mol. The summed E-state index contributed by atoms with van der Waals surface area (Å²) in [5.41, 5.74) is 6.49. The molecule has 1 aliphatic rings. The molecule has 3 heteroatoms. The van der Waals surface area contributed by atoms with Crippen molar-refractivity contribution in [2.45, 2.75) is 29.4 Å². The minimum absolute atomic E-state index is 0.763. The molecule has 0 amide bonds. The first-order chi connectivity index (χ1) is 6.25. The van der Waals surface area contributed by atoms with Gasteiger partial charge in [-0.3, -0.25) is 0 Å². The highest BCUT2D eigenvalue weighted by Gasteiger charge is 2.19. The number of anilines is 1. The molecule has 0 saturated heterocycles. The van der Waals surface area contributed by atoms with Gasteiger partial charge >= 0.3 is 0 Å². The van der Waals surface area contributed by atoms with Crippen LogP contribution in [0.3, 0.4) is 0 Å². The molecule has 2 N–H and O–H groups in total. The van der Waals surface area contributed by atoms with Crippen LogP contribution in [0.1, 0.15) is 19.3 Å². The number of nitrogens with two attached hydrogens (primary N) is 1. The first-order valence-electron chi connectivity index (χ1n) is 4.47. The first kappa shape index (κ1) is 9.22. The van der Waals surface area contributed by atoms with Gasteiger partial charge < -0.3 is 5.73 Å². The van der Waals surface area contributed by atoms with Crippen LogP contribution in [-0.2, 0) is 0 Å². The Morgan fingerprint density at radius 1 is 1.38 bits per heavy atom. The van der Waals surface area contributed by atoms with E-state index >= 15 is 0 Å². The van der Waals surface area contributed by atoms with Crippen LogP contribution in [0.15, 0.2) is 23.1 Å². The number of rotatable bonds is 2. The molecular weight excluding hydrogens is 202 g/mol. The number of benzene rings is 1. The van der Waals surface area contributed by atoms with E-state index in [4.69, 9.17) is 17.3 Å². The van der Waals surface area contributed by atoms with Crippen molar-refractivity contribution < 1.29 is 0 Å². The van der Waals surface area contributed by atoms with Gasteiger partial charge in [0, 0.05) is 15.8 Å². The lowest BCUT2D eigenvalue weighted by Gasteiger charge is -2.24. The van der Waals surface area contributed by atoms with Crippen molar-refractivity contribution in [1.82, 2.24) is 0 Å². The van der Waals surface area contributed by atoms with Gasteiger partial charge in [-0.2, -0.15) is 0 Å². The van der Waals surface area contributed by atoms with Crippen molar-refractivity contribution in [3.8, 4) is 0 Å². The van der Waals surface area contributed by atoms with Crippen LogP contribution in [0.25, 0.3) is 0 Å². The van der Waals surface area contributed by atoms with Crippen molar-refractivity contribution >= 4 is 29.1 Å². The molecule has 1 aromatic carbocycles. The van der Waals surface area contributed by atoms with Gasteiger partial charge in [-0.1, -0.05) is 18.0 Å². The molecule has 1 saturated carbocycles. The van der Waals surface area contributed by atoms with Crippen LogP contribution in [0, 0.1) is 0 Å². The third-order valence-electron chi connectivity index (χ3n) is 2.30. The van der Waals surface area contributed by atoms with E-state index in [1.54, 1.807) is 0 Å². The Hall–Kier alpha value is -0.340. The number of halogens is 1. The molecule has 1 nitrogen and oxygen atoms in total. The largest absolute Gasteiger partial charge is 0.399 e. The standard InChI is InChI=1S/C10H12ClNS/c11-9-5-4-7(12)6-10(9)13-8-2-1-3-8/h4-6,8H,1-3,12H2. The monoisotopic (exact) mass is 213 g/mol. The van der Waals surface area contributed by atoms with Crippen LogP contribution < -0.4 is 5.73 Å². The lowest BCUT2D eigenvalue weighted by atomic mass is 10.0. The maximum absolute atomic E-state index is 6.04.